The van der Waals surface area contributed by atoms with Crippen molar-refractivity contribution < 1.29 is 14.6 Å². The standard InChI is InChI=1S/C13H18BrNO3/c14-12-4-1-3-11(9-12)10-13(17)15-5-2-7-18-8-6-16/h1,3-4,9,16H,2,5-8,10H2,(H,15,17). The molecule has 0 heterocycles. The molecular formula is C13H18BrNO3. The fourth-order valence-corrected chi connectivity index (χ4v) is 1.91. The number of carbonyl (C=O) groups excluding carboxylic acids is 1. The molecule has 0 aliphatic heterocycles. The van der Waals surface area contributed by atoms with Crippen molar-refractivity contribution in [1.29, 1.82) is 0 Å². The number of halogens is 1. The second-order valence-electron chi connectivity index (χ2n) is 3.85. The summed E-state index contributed by atoms with van der Waals surface area (Å²) in [5.74, 6) is 0.00950. The van der Waals surface area contributed by atoms with Gasteiger partial charge in [-0.05, 0) is 24.1 Å². The summed E-state index contributed by atoms with van der Waals surface area (Å²) in [7, 11) is 0. The molecule has 0 saturated heterocycles. The zero-order valence-electron chi connectivity index (χ0n) is 10.2. The van der Waals surface area contributed by atoms with E-state index >= 15 is 0 Å². The second-order valence-corrected chi connectivity index (χ2v) is 4.76. The van der Waals surface area contributed by atoms with Crippen molar-refractivity contribution in [1.82, 2.24) is 5.32 Å². The summed E-state index contributed by atoms with van der Waals surface area (Å²) in [6.07, 6.45) is 1.14. The molecule has 1 amide bonds. The van der Waals surface area contributed by atoms with Gasteiger partial charge in [0.25, 0.3) is 0 Å². The van der Waals surface area contributed by atoms with Gasteiger partial charge in [0.2, 0.25) is 5.91 Å². The van der Waals surface area contributed by atoms with Gasteiger partial charge < -0.3 is 15.2 Å². The molecule has 0 aromatic heterocycles. The minimum absolute atomic E-state index is 0.00950. The first kappa shape index (κ1) is 15.1. The zero-order valence-corrected chi connectivity index (χ0v) is 11.8. The van der Waals surface area contributed by atoms with Gasteiger partial charge >= 0.3 is 0 Å². The average molecular weight is 316 g/mol. The molecule has 18 heavy (non-hydrogen) atoms. The summed E-state index contributed by atoms with van der Waals surface area (Å²) >= 11 is 3.37. The first-order valence-corrected chi connectivity index (χ1v) is 6.71. The number of amides is 1. The molecule has 0 radical (unpaired) electrons. The van der Waals surface area contributed by atoms with Crippen LogP contribution in [0.4, 0.5) is 0 Å². The Kier molecular flexibility index (Phi) is 7.64. The minimum atomic E-state index is 0.00950. The molecular weight excluding hydrogens is 298 g/mol. The zero-order chi connectivity index (χ0) is 13.2. The summed E-state index contributed by atoms with van der Waals surface area (Å²) in [5.41, 5.74) is 0.985. The van der Waals surface area contributed by atoms with E-state index in [0.29, 0.717) is 26.2 Å². The number of rotatable bonds is 8. The van der Waals surface area contributed by atoms with E-state index in [1.54, 1.807) is 0 Å². The lowest BCUT2D eigenvalue weighted by Crippen LogP contribution is -2.26. The summed E-state index contributed by atoms with van der Waals surface area (Å²) in [6.45, 7) is 1.54. The van der Waals surface area contributed by atoms with E-state index in [1.807, 2.05) is 24.3 Å². The molecule has 1 aromatic rings. The van der Waals surface area contributed by atoms with Crippen LogP contribution in [-0.4, -0.2) is 37.4 Å². The first-order chi connectivity index (χ1) is 8.72. The Morgan fingerprint density at radius 3 is 2.94 bits per heavy atom. The van der Waals surface area contributed by atoms with Crippen LogP contribution in [0.25, 0.3) is 0 Å². The highest BCUT2D eigenvalue weighted by Crippen LogP contribution is 2.11. The number of aliphatic hydroxyl groups excluding tert-OH is 1. The third kappa shape index (κ3) is 6.74. The second kappa shape index (κ2) is 9.08. The van der Waals surface area contributed by atoms with Crippen LogP contribution in [0, 0.1) is 0 Å². The minimum Gasteiger partial charge on any atom is -0.394 e. The fraction of sp³-hybridized carbons (Fsp3) is 0.462. The Bertz CT molecular complexity index is 371. The molecule has 4 nitrogen and oxygen atoms in total. The van der Waals surface area contributed by atoms with Gasteiger partial charge in [-0.15, -0.1) is 0 Å². The molecule has 0 aliphatic carbocycles. The Labute approximate surface area is 115 Å². The van der Waals surface area contributed by atoms with E-state index in [9.17, 15) is 4.79 Å². The van der Waals surface area contributed by atoms with E-state index < -0.39 is 0 Å². The molecule has 100 valence electrons. The first-order valence-electron chi connectivity index (χ1n) is 5.92. The van der Waals surface area contributed by atoms with Gasteiger partial charge in [-0.1, -0.05) is 28.1 Å². The van der Waals surface area contributed by atoms with Gasteiger partial charge in [0, 0.05) is 17.6 Å². The average Bonchev–Trinajstić information content (AvgIpc) is 2.33. The van der Waals surface area contributed by atoms with Crippen molar-refractivity contribution in [2.24, 2.45) is 0 Å². The van der Waals surface area contributed by atoms with Crippen LogP contribution < -0.4 is 5.32 Å². The lowest BCUT2D eigenvalue weighted by Gasteiger charge is -2.06. The van der Waals surface area contributed by atoms with Gasteiger partial charge in [0.1, 0.15) is 0 Å². The monoisotopic (exact) mass is 315 g/mol. The van der Waals surface area contributed by atoms with E-state index in [-0.39, 0.29) is 12.5 Å². The highest BCUT2D eigenvalue weighted by molar-refractivity contribution is 9.10. The fourth-order valence-electron chi connectivity index (χ4n) is 1.46. The lowest BCUT2D eigenvalue weighted by atomic mass is 10.1. The van der Waals surface area contributed by atoms with Crippen LogP contribution in [0.3, 0.4) is 0 Å². The Morgan fingerprint density at radius 1 is 1.39 bits per heavy atom. The summed E-state index contributed by atoms with van der Waals surface area (Å²) < 4.78 is 6.07. The van der Waals surface area contributed by atoms with Gasteiger partial charge in [0.15, 0.2) is 0 Å². The molecule has 1 aromatic carbocycles. The van der Waals surface area contributed by atoms with Crippen LogP contribution in [0.2, 0.25) is 0 Å². The highest BCUT2D eigenvalue weighted by Gasteiger charge is 2.02. The molecule has 0 aliphatic rings. The molecule has 2 N–H and O–H groups in total. The van der Waals surface area contributed by atoms with Crippen LogP contribution in [-0.2, 0) is 16.0 Å². The highest BCUT2D eigenvalue weighted by atomic mass is 79.9. The number of hydrogen-bond donors (Lipinski definition) is 2. The largest absolute Gasteiger partial charge is 0.394 e. The van der Waals surface area contributed by atoms with Crippen molar-refractivity contribution in [3.05, 3.63) is 34.3 Å². The molecule has 0 bridgehead atoms. The molecule has 0 saturated carbocycles. The number of ether oxygens (including phenoxy) is 1. The third-order valence-electron chi connectivity index (χ3n) is 2.28. The lowest BCUT2D eigenvalue weighted by molar-refractivity contribution is -0.120. The molecule has 0 atom stereocenters. The molecule has 0 spiro atoms. The molecule has 5 heteroatoms. The van der Waals surface area contributed by atoms with E-state index in [4.69, 9.17) is 9.84 Å². The number of aliphatic hydroxyl groups is 1. The quantitative estimate of drug-likeness (QED) is 0.715. The maximum absolute atomic E-state index is 11.6. The third-order valence-corrected chi connectivity index (χ3v) is 2.77. The summed E-state index contributed by atoms with van der Waals surface area (Å²) in [6, 6.07) is 7.70. The van der Waals surface area contributed by atoms with Crippen LogP contribution in [0.1, 0.15) is 12.0 Å². The van der Waals surface area contributed by atoms with Crippen molar-refractivity contribution >= 4 is 21.8 Å². The van der Waals surface area contributed by atoms with Gasteiger partial charge in [-0.3, -0.25) is 4.79 Å². The molecule has 1 rings (SSSR count). The number of benzene rings is 1. The van der Waals surface area contributed by atoms with Crippen molar-refractivity contribution in [2.75, 3.05) is 26.4 Å². The van der Waals surface area contributed by atoms with Crippen LogP contribution in [0.5, 0.6) is 0 Å². The number of hydrogen-bond acceptors (Lipinski definition) is 3. The van der Waals surface area contributed by atoms with E-state index in [1.165, 1.54) is 0 Å². The van der Waals surface area contributed by atoms with Crippen molar-refractivity contribution in [2.45, 2.75) is 12.8 Å². The summed E-state index contributed by atoms with van der Waals surface area (Å²) in [4.78, 5) is 11.6. The SMILES string of the molecule is O=C(Cc1cccc(Br)c1)NCCCOCCO. The van der Waals surface area contributed by atoms with E-state index in [0.717, 1.165) is 16.5 Å². The van der Waals surface area contributed by atoms with Crippen molar-refractivity contribution in [3.8, 4) is 0 Å². The van der Waals surface area contributed by atoms with Gasteiger partial charge in [0.05, 0.1) is 19.6 Å². The van der Waals surface area contributed by atoms with Crippen LogP contribution >= 0.6 is 15.9 Å². The Balaban J connectivity index is 2.14. The normalized spacial score (nSPS) is 10.3. The van der Waals surface area contributed by atoms with Crippen LogP contribution in [0.15, 0.2) is 28.7 Å². The Morgan fingerprint density at radius 2 is 2.22 bits per heavy atom. The topological polar surface area (TPSA) is 58.6 Å². The van der Waals surface area contributed by atoms with Gasteiger partial charge in [-0.2, -0.15) is 0 Å². The Hall–Kier alpha value is -0.910. The smallest absolute Gasteiger partial charge is 0.224 e. The van der Waals surface area contributed by atoms with Gasteiger partial charge in [-0.25, -0.2) is 0 Å². The maximum atomic E-state index is 11.6. The maximum Gasteiger partial charge on any atom is 0.224 e. The van der Waals surface area contributed by atoms with E-state index in [2.05, 4.69) is 21.2 Å². The molecule has 0 fully saturated rings. The predicted octanol–water partition coefficient (Wildman–Crippen LogP) is 1.51. The predicted molar refractivity (Wildman–Crippen MR) is 73.4 cm³/mol. The number of carbonyl (C=O) groups is 1. The summed E-state index contributed by atoms with van der Waals surface area (Å²) in [5, 5.41) is 11.3. The van der Waals surface area contributed by atoms with Crippen molar-refractivity contribution in [3.63, 3.8) is 0 Å². The molecule has 0 unspecified atom stereocenters. The number of nitrogens with one attached hydrogen (secondary N) is 1.